The molecule has 1 N–H and O–H groups in total. The van der Waals surface area contributed by atoms with Gasteiger partial charge in [0.05, 0.1) is 11.2 Å². The molecule has 0 bridgehead atoms. The molecule has 0 radical (unpaired) electrons. The van der Waals surface area contributed by atoms with E-state index >= 15 is 0 Å². The minimum atomic E-state index is 0.350. The van der Waals surface area contributed by atoms with Crippen LogP contribution in [-0.4, -0.2) is 22.8 Å². The van der Waals surface area contributed by atoms with Gasteiger partial charge in [0.25, 0.3) is 0 Å². The summed E-state index contributed by atoms with van der Waals surface area (Å²) in [6.07, 6.45) is 5.17. The molecule has 2 aromatic carbocycles. The first-order valence-electron chi connectivity index (χ1n) is 9.96. The van der Waals surface area contributed by atoms with Gasteiger partial charge >= 0.3 is 0 Å². The lowest BCUT2D eigenvalue weighted by Gasteiger charge is -2.18. The van der Waals surface area contributed by atoms with Crippen LogP contribution < -0.4 is 4.90 Å². The highest BCUT2D eigenvalue weighted by molar-refractivity contribution is 5.94. The fourth-order valence-corrected chi connectivity index (χ4v) is 4.60. The second kappa shape index (κ2) is 6.08. The molecule has 1 saturated carbocycles. The zero-order valence-electron chi connectivity index (χ0n) is 15.4. The van der Waals surface area contributed by atoms with Crippen molar-refractivity contribution in [2.45, 2.75) is 45.1 Å². The average molecular weight is 346 g/mol. The van der Waals surface area contributed by atoms with E-state index in [0.29, 0.717) is 11.7 Å². The molecule has 134 valence electrons. The molecule has 2 aliphatic rings. The van der Waals surface area contributed by atoms with E-state index in [1.165, 1.54) is 66.7 Å². The molecule has 26 heavy (non-hydrogen) atoms. The van der Waals surface area contributed by atoms with Gasteiger partial charge in [-0.25, -0.2) is 0 Å². The first kappa shape index (κ1) is 15.8. The van der Waals surface area contributed by atoms with Crippen molar-refractivity contribution in [2.75, 3.05) is 18.0 Å². The standard InChI is InChI=1S/C23H26N2O/c1-2-25-21-15-19(26)11-12-20(21)22(16-5-6-16)23(25)17-7-9-18(10-8-17)24-13-3-4-14-24/h7-12,15-16,26H,2-6,13-14H2,1H3. The third kappa shape index (κ3) is 2.49. The number of benzene rings is 2. The summed E-state index contributed by atoms with van der Waals surface area (Å²) < 4.78 is 2.38. The van der Waals surface area contributed by atoms with Crippen LogP contribution in [0.2, 0.25) is 0 Å². The first-order valence-corrected chi connectivity index (χ1v) is 9.96. The van der Waals surface area contributed by atoms with Crippen LogP contribution in [0.4, 0.5) is 5.69 Å². The molecule has 0 unspecified atom stereocenters. The van der Waals surface area contributed by atoms with Crippen molar-refractivity contribution < 1.29 is 5.11 Å². The Balaban J connectivity index is 1.66. The highest BCUT2D eigenvalue weighted by atomic mass is 16.3. The number of nitrogens with zero attached hydrogens (tertiary/aromatic N) is 2. The summed E-state index contributed by atoms with van der Waals surface area (Å²) in [5, 5.41) is 11.3. The Hall–Kier alpha value is -2.42. The van der Waals surface area contributed by atoms with Crippen molar-refractivity contribution in [1.29, 1.82) is 0 Å². The molecule has 1 aromatic heterocycles. The van der Waals surface area contributed by atoms with Gasteiger partial charge in [-0.1, -0.05) is 12.1 Å². The number of rotatable bonds is 4. The fraction of sp³-hybridized carbons (Fsp3) is 0.391. The quantitative estimate of drug-likeness (QED) is 0.674. The molecule has 1 aliphatic heterocycles. The van der Waals surface area contributed by atoms with Crippen LogP contribution >= 0.6 is 0 Å². The molecular weight excluding hydrogens is 320 g/mol. The molecule has 5 rings (SSSR count). The summed E-state index contributed by atoms with van der Waals surface area (Å²) in [7, 11) is 0. The summed E-state index contributed by atoms with van der Waals surface area (Å²) in [6, 6.07) is 15.0. The van der Waals surface area contributed by atoms with Crippen molar-refractivity contribution in [1.82, 2.24) is 4.57 Å². The third-order valence-electron chi connectivity index (χ3n) is 6.00. The molecule has 2 heterocycles. The maximum atomic E-state index is 10.0. The lowest BCUT2D eigenvalue weighted by atomic mass is 10.0. The van der Waals surface area contributed by atoms with Gasteiger partial charge in [-0.2, -0.15) is 0 Å². The Morgan fingerprint density at radius 3 is 2.38 bits per heavy atom. The van der Waals surface area contributed by atoms with Gasteiger partial charge in [-0.15, -0.1) is 0 Å². The zero-order valence-corrected chi connectivity index (χ0v) is 15.4. The van der Waals surface area contributed by atoms with Crippen LogP contribution in [0.3, 0.4) is 0 Å². The van der Waals surface area contributed by atoms with E-state index in [1.54, 1.807) is 0 Å². The van der Waals surface area contributed by atoms with Crippen LogP contribution in [0.25, 0.3) is 22.2 Å². The first-order chi connectivity index (χ1) is 12.8. The number of fused-ring (bicyclic) bond motifs is 1. The second-order valence-corrected chi connectivity index (χ2v) is 7.72. The van der Waals surface area contributed by atoms with Crippen molar-refractivity contribution in [3.63, 3.8) is 0 Å². The van der Waals surface area contributed by atoms with Crippen molar-refractivity contribution in [3.8, 4) is 17.0 Å². The fourth-order valence-electron chi connectivity index (χ4n) is 4.60. The van der Waals surface area contributed by atoms with E-state index in [1.807, 2.05) is 12.1 Å². The Labute approximate surface area is 154 Å². The lowest BCUT2D eigenvalue weighted by Crippen LogP contribution is -2.17. The number of hydrogen-bond donors (Lipinski definition) is 1. The van der Waals surface area contributed by atoms with Gasteiger partial charge in [0, 0.05) is 36.8 Å². The summed E-state index contributed by atoms with van der Waals surface area (Å²) in [5.41, 5.74) is 6.63. The highest BCUT2D eigenvalue weighted by Gasteiger charge is 2.31. The molecule has 3 heteroatoms. The molecule has 1 saturated heterocycles. The predicted octanol–water partition coefficient (Wildman–Crippen LogP) is 5.51. The van der Waals surface area contributed by atoms with Crippen LogP contribution in [0.1, 0.15) is 44.1 Å². The van der Waals surface area contributed by atoms with Crippen LogP contribution in [0, 0.1) is 0 Å². The maximum absolute atomic E-state index is 10.0. The molecule has 1 aliphatic carbocycles. The normalized spacial score (nSPS) is 17.3. The molecule has 3 nitrogen and oxygen atoms in total. The lowest BCUT2D eigenvalue weighted by molar-refractivity contribution is 0.476. The summed E-state index contributed by atoms with van der Waals surface area (Å²) in [5.74, 6) is 1.02. The molecule has 0 atom stereocenters. The van der Waals surface area contributed by atoms with E-state index in [0.717, 1.165) is 12.1 Å². The number of hydrogen-bond acceptors (Lipinski definition) is 2. The molecule has 2 fully saturated rings. The van der Waals surface area contributed by atoms with E-state index in [4.69, 9.17) is 0 Å². The van der Waals surface area contributed by atoms with Gasteiger partial charge < -0.3 is 14.6 Å². The van der Waals surface area contributed by atoms with Gasteiger partial charge in [0.15, 0.2) is 0 Å². The molecule has 3 aromatic rings. The van der Waals surface area contributed by atoms with Crippen molar-refractivity contribution in [2.24, 2.45) is 0 Å². The Bertz CT molecular complexity index is 944. The Morgan fingerprint density at radius 2 is 1.73 bits per heavy atom. The van der Waals surface area contributed by atoms with Gasteiger partial charge in [0.1, 0.15) is 5.75 Å². The maximum Gasteiger partial charge on any atom is 0.117 e. The van der Waals surface area contributed by atoms with Gasteiger partial charge in [0.2, 0.25) is 0 Å². The van der Waals surface area contributed by atoms with Crippen molar-refractivity contribution in [3.05, 3.63) is 48.0 Å². The number of phenolic OH excluding ortho intramolecular Hbond substituents is 1. The third-order valence-corrected chi connectivity index (χ3v) is 6.00. The van der Waals surface area contributed by atoms with Gasteiger partial charge in [-0.05, 0) is 73.9 Å². The summed E-state index contributed by atoms with van der Waals surface area (Å²) in [4.78, 5) is 2.49. The van der Waals surface area contributed by atoms with E-state index in [-0.39, 0.29) is 0 Å². The van der Waals surface area contributed by atoms with E-state index in [2.05, 4.69) is 46.7 Å². The number of aromatic hydroxyl groups is 1. The predicted molar refractivity (Wildman–Crippen MR) is 108 cm³/mol. The minimum absolute atomic E-state index is 0.350. The smallest absolute Gasteiger partial charge is 0.117 e. The average Bonchev–Trinajstić information content (AvgIpc) is 3.24. The molecule has 0 spiro atoms. The number of phenols is 1. The van der Waals surface area contributed by atoms with E-state index in [9.17, 15) is 5.11 Å². The number of anilines is 1. The Morgan fingerprint density at radius 1 is 1.00 bits per heavy atom. The zero-order chi connectivity index (χ0) is 17.7. The molecular formula is C23H26N2O. The summed E-state index contributed by atoms with van der Waals surface area (Å²) >= 11 is 0. The minimum Gasteiger partial charge on any atom is -0.508 e. The van der Waals surface area contributed by atoms with Crippen LogP contribution in [0.15, 0.2) is 42.5 Å². The number of aromatic nitrogens is 1. The molecule has 0 amide bonds. The monoisotopic (exact) mass is 346 g/mol. The van der Waals surface area contributed by atoms with Crippen molar-refractivity contribution >= 4 is 16.6 Å². The largest absolute Gasteiger partial charge is 0.508 e. The van der Waals surface area contributed by atoms with Crippen LogP contribution in [0.5, 0.6) is 5.75 Å². The number of aryl methyl sites for hydroxylation is 1. The van der Waals surface area contributed by atoms with Crippen LogP contribution in [-0.2, 0) is 6.54 Å². The Kier molecular flexibility index (Phi) is 3.70. The van der Waals surface area contributed by atoms with E-state index < -0.39 is 0 Å². The topological polar surface area (TPSA) is 28.4 Å². The highest BCUT2D eigenvalue weighted by Crippen LogP contribution is 2.49. The van der Waals surface area contributed by atoms with Gasteiger partial charge in [-0.3, -0.25) is 0 Å². The second-order valence-electron chi connectivity index (χ2n) is 7.72. The SMILES string of the molecule is CCn1c(-c2ccc(N3CCCC3)cc2)c(C2CC2)c2ccc(O)cc21. The summed E-state index contributed by atoms with van der Waals surface area (Å²) in [6.45, 7) is 5.47.